The van der Waals surface area contributed by atoms with E-state index in [1.165, 1.54) is 0 Å². The Balaban J connectivity index is 3.29. The van der Waals surface area contributed by atoms with E-state index in [0.29, 0.717) is 0 Å². The van der Waals surface area contributed by atoms with Crippen LogP contribution in [0.5, 0.6) is 0 Å². The number of carbonyl (C=O) groups is 1. The molecule has 94 valence electrons. The molecule has 0 amide bonds. The van der Waals surface area contributed by atoms with Crippen LogP contribution in [-0.4, -0.2) is 20.5 Å². The third kappa shape index (κ3) is 3.67. The van der Waals surface area contributed by atoms with Gasteiger partial charge in [0.15, 0.2) is 5.78 Å². The van der Waals surface area contributed by atoms with Crippen LogP contribution in [0.3, 0.4) is 0 Å². The van der Waals surface area contributed by atoms with Gasteiger partial charge in [0.1, 0.15) is 5.82 Å². The molecule has 0 aliphatic heterocycles. The van der Waals surface area contributed by atoms with E-state index in [0.717, 1.165) is 18.4 Å². The monoisotopic (exact) mass is 279 g/mol. The molecule has 0 saturated heterocycles. The maximum absolute atomic E-state index is 13.4. The topological polar surface area (TPSA) is 63.2 Å². The van der Waals surface area contributed by atoms with Gasteiger partial charge in [0.25, 0.3) is 0 Å². The second-order valence-electron chi connectivity index (χ2n) is 3.46. The second kappa shape index (κ2) is 5.01. The van der Waals surface area contributed by atoms with Crippen molar-refractivity contribution in [3.63, 3.8) is 0 Å². The standard InChI is InChI=1S/C10H11ClFNO3S/c1-3-10(14)6-4-9(13-17(2,15)16)7(11)5-8(6)12/h4-5,13H,3H2,1-2H3. The van der Waals surface area contributed by atoms with Crippen molar-refractivity contribution >= 4 is 33.1 Å². The maximum atomic E-state index is 13.4. The zero-order chi connectivity index (χ0) is 13.2. The van der Waals surface area contributed by atoms with Crippen molar-refractivity contribution < 1.29 is 17.6 Å². The van der Waals surface area contributed by atoms with Gasteiger partial charge in [-0.05, 0) is 12.1 Å². The third-order valence-electron chi connectivity index (χ3n) is 1.97. The summed E-state index contributed by atoms with van der Waals surface area (Å²) in [5.41, 5.74) is -0.185. The highest BCUT2D eigenvalue weighted by Crippen LogP contribution is 2.26. The minimum atomic E-state index is -3.53. The van der Waals surface area contributed by atoms with Crippen LogP contribution in [-0.2, 0) is 10.0 Å². The predicted octanol–water partition coefficient (Wildman–Crippen LogP) is 2.44. The van der Waals surface area contributed by atoms with Gasteiger partial charge in [-0.25, -0.2) is 12.8 Å². The molecule has 0 aliphatic carbocycles. The summed E-state index contributed by atoms with van der Waals surface area (Å²) in [6, 6.07) is 2.02. The Morgan fingerprint density at radius 3 is 2.53 bits per heavy atom. The van der Waals surface area contributed by atoms with Gasteiger partial charge >= 0.3 is 0 Å². The number of Topliss-reactive ketones (excluding diaryl/α,β-unsaturated/α-hetero) is 1. The highest BCUT2D eigenvalue weighted by molar-refractivity contribution is 7.92. The van der Waals surface area contributed by atoms with Crippen LogP contribution in [0.4, 0.5) is 10.1 Å². The number of hydrogen-bond donors (Lipinski definition) is 1. The molecule has 0 heterocycles. The van der Waals surface area contributed by atoms with Crippen LogP contribution in [0.1, 0.15) is 23.7 Å². The summed E-state index contributed by atoms with van der Waals surface area (Å²) < 4.78 is 37.6. The zero-order valence-corrected chi connectivity index (χ0v) is 10.8. The lowest BCUT2D eigenvalue weighted by molar-refractivity contribution is 0.0984. The van der Waals surface area contributed by atoms with E-state index in [-0.39, 0.29) is 22.7 Å². The van der Waals surface area contributed by atoms with Crippen molar-refractivity contribution in [2.75, 3.05) is 11.0 Å². The Morgan fingerprint density at radius 2 is 2.06 bits per heavy atom. The molecule has 0 aromatic heterocycles. The Morgan fingerprint density at radius 1 is 1.47 bits per heavy atom. The number of rotatable bonds is 4. The van der Waals surface area contributed by atoms with Crippen LogP contribution in [0.2, 0.25) is 5.02 Å². The predicted molar refractivity (Wildman–Crippen MR) is 64.5 cm³/mol. The molecule has 1 aromatic carbocycles. The van der Waals surface area contributed by atoms with Gasteiger partial charge in [0.2, 0.25) is 10.0 Å². The summed E-state index contributed by atoms with van der Waals surface area (Å²) in [4.78, 5) is 11.4. The number of carbonyl (C=O) groups excluding carboxylic acids is 1. The average molecular weight is 280 g/mol. The number of halogens is 2. The van der Waals surface area contributed by atoms with Crippen molar-refractivity contribution in [1.82, 2.24) is 0 Å². The zero-order valence-electron chi connectivity index (χ0n) is 9.25. The molecule has 1 aromatic rings. The second-order valence-corrected chi connectivity index (χ2v) is 5.62. The smallest absolute Gasteiger partial charge is 0.229 e. The molecule has 17 heavy (non-hydrogen) atoms. The van der Waals surface area contributed by atoms with E-state index < -0.39 is 21.6 Å². The number of ketones is 1. The van der Waals surface area contributed by atoms with Gasteiger partial charge in [-0.15, -0.1) is 0 Å². The molecule has 7 heteroatoms. The number of benzene rings is 1. The molecule has 0 aliphatic rings. The minimum absolute atomic E-state index is 0.00707. The lowest BCUT2D eigenvalue weighted by Gasteiger charge is -2.09. The van der Waals surface area contributed by atoms with Crippen molar-refractivity contribution in [2.45, 2.75) is 13.3 Å². The van der Waals surface area contributed by atoms with Gasteiger partial charge in [-0.1, -0.05) is 18.5 Å². The van der Waals surface area contributed by atoms with E-state index >= 15 is 0 Å². The molecular formula is C10H11ClFNO3S. The summed E-state index contributed by atoms with van der Waals surface area (Å²) in [5, 5.41) is -0.0967. The molecule has 0 bridgehead atoms. The van der Waals surface area contributed by atoms with E-state index in [9.17, 15) is 17.6 Å². The first-order valence-electron chi connectivity index (χ1n) is 4.74. The number of hydrogen-bond acceptors (Lipinski definition) is 3. The molecule has 0 unspecified atom stereocenters. The molecule has 0 fully saturated rings. The first-order valence-corrected chi connectivity index (χ1v) is 7.01. The lowest BCUT2D eigenvalue weighted by atomic mass is 10.1. The fraction of sp³-hybridized carbons (Fsp3) is 0.300. The lowest BCUT2D eigenvalue weighted by Crippen LogP contribution is -2.11. The SMILES string of the molecule is CCC(=O)c1cc(NS(C)(=O)=O)c(Cl)cc1F. The van der Waals surface area contributed by atoms with Crippen LogP contribution >= 0.6 is 11.6 Å². The van der Waals surface area contributed by atoms with Gasteiger partial charge < -0.3 is 0 Å². The minimum Gasteiger partial charge on any atom is -0.294 e. The van der Waals surface area contributed by atoms with Crippen LogP contribution in [0.15, 0.2) is 12.1 Å². The molecule has 0 radical (unpaired) electrons. The van der Waals surface area contributed by atoms with Crippen LogP contribution in [0, 0.1) is 5.82 Å². The highest BCUT2D eigenvalue weighted by atomic mass is 35.5. The van der Waals surface area contributed by atoms with E-state index in [2.05, 4.69) is 4.72 Å². The quantitative estimate of drug-likeness (QED) is 0.861. The van der Waals surface area contributed by atoms with Crippen molar-refractivity contribution in [3.05, 3.63) is 28.5 Å². The van der Waals surface area contributed by atoms with Crippen molar-refractivity contribution in [3.8, 4) is 0 Å². The van der Waals surface area contributed by atoms with E-state index in [1.807, 2.05) is 0 Å². The fourth-order valence-electron chi connectivity index (χ4n) is 1.23. The summed E-state index contributed by atoms with van der Waals surface area (Å²) in [6.07, 6.45) is 1.06. The summed E-state index contributed by atoms with van der Waals surface area (Å²) in [6.45, 7) is 1.58. The van der Waals surface area contributed by atoms with E-state index in [1.54, 1.807) is 6.92 Å². The largest absolute Gasteiger partial charge is 0.294 e. The molecule has 4 nitrogen and oxygen atoms in total. The van der Waals surface area contributed by atoms with Crippen molar-refractivity contribution in [2.24, 2.45) is 0 Å². The Labute approximate surface area is 104 Å². The number of nitrogens with one attached hydrogen (secondary N) is 1. The average Bonchev–Trinajstić information content (AvgIpc) is 2.19. The Hall–Kier alpha value is -1.14. The van der Waals surface area contributed by atoms with Gasteiger partial charge in [0.05, 0.1) is 22.5 Å². The normalized spacial score (nSPS) is 11.3. The molecule has 1 rings (SSSR count). The number of sulfonamides is 1. The molecular weight excluding hydrogens is 269 g/mol. The summed E-state index contributed by atoms with van der Waals surface area (Å²) in [5.74, 6) is -1.18. The maximum Gasteiger partial charge on any atom is 0.229 e. The molecule has 0 spiro atoms. The molecule has 0 atom stereocenters. The van der Waals surface area contributed by atoms with Gasteiger partial charge in [-0.3, -0.25) is 9.52 Å². The molecule has 0 saturated carbocycles. The van der Waals surface area contributed by atoms with Gasteiger partial charge in [-0.2, -0.15) is 0 Å². The van der Waals surface area contributed by atoms with Crippen LogP contribution < -0.4 is 4.72 Å². The number of anilines is 1. The first kappa shape index (κ1) is 13.9. The van der Waals surface area contributed by atoms with Crippen LogP contribution in [0.25, 0.3) is 0 Å². The Kier molecular flexibility index (Phi) is 4.11. The highest BCUT2D eigenvalue weighted by Gasteiger charge is 2.15. The van der Waals surface area contributed by atoms with Crippen molar-refractivity contribution in [1.29, 1.82) is 0 Å². The first-order chi connectivity index (χ1) is 7.74. The summed E-state index contributed by atoms with van der Waals surface area (Å²) >= 11 is 5.68. The Bertz CT molecular complexity index is 557. The van der Waals surface area contributed by atoms with Gasteiger partial charge in [0, 0.05) is 6.42 Å². The molecule has 1 N–H and O–H groups in total. The fourth-order valence-corrected chi connectivity index (χ4v) is 2.05. The third-order valence-corrected chi connectivity index (χ3v) is 2.88. The summed E-state index contributed by atoms with van der Waals surface area (Å²) in [7, 11) is -3.53. The van der Waals surface area contributed by atoms with E-state index in [4.69, 9.17) is 11.6 Å².